The van der Waals surface area contributed by atoms with Gasteiger partial charge in [-0.2, -0.15) is 0 Å². The van der Waals surface area contributed by atoms with E-state index in [2.05, 4.69) is 22.5 Å². The van der Waals surface area contributed by atoms with E-state index in [9.17, 15) is 19.5 Å². The van der Waals surface area contributed by atoms with Gasteiger partial charge in [0.1, 0.15) is 6.04 Å². The fourth-order valence-electron chi connectivity index (χ4n) is 6.06. The van der Waals surface area contributed by atoms with Crippen LogP contribution in [0.3, 0.4) is 0 Å². The Balaban J connectivity index is 1.82. The van der Waals surface area contributed by atoms with Gasteiger partial charge in [0, 0.05) is 28.9 Å². The summed E-state index contributed by atoms with van der Waals surface area (Å²) >= 11 is 5.29. The largest absolute Gasteiger partial charge is 0.466 e. The highest BCUT2D eigenvalue weighted by Gasteiger charge is 2.76. The summed E-state index contributed by atoms with van der Waals surface area (Å²) in [5.41, 5.74) is 2.71. The number of benzene rings is 1. The van der Waals surface area contributed by atoms with Crippen molar-refractivity contribution in [1.29, 1.82) is 0 Å². The first-order valence-electron chi connectivity index (χ1n) is 11.6. The number of carbonyl (C=O) groups is 3. The molecular weight excluding hydrogens is 520 g/mol. The number of halogens is 1. The molecule has 0 aromatic heterocycles. The lowest BCUT2D eigenvalue weighted by Gasteiger charge is -2.38. The zero-order valence-corrected chi connectivity index (χ0v) is 22.1. The number of esters is 1. The second-order valence-corrected chi connectivity index (χ2v) is 11.9. The molecule has 0 aliphatic carbocycles. The molecule has 34 heavy (non-hydrogen) atoms. The first-order chi connectivity index (χ1) is 16.2. The number of aryl methyl sites for hydroxylation is 2. The van der Waals surface area contributed by atoms with E-state index in [0.717, 1.165) is 16.8 Å². The van der Waals surface area contributed by atoms with Gasteiger partial charge in [-0.25, -0.2) is 0 Å². The second kappa shape index (κ2) is 9.66. The van der Waals surface area contributed by atoms with Gasteiger partial charge < -0.3 is 19.6 Å². The van der Waals surface area contributed by atoms with E-state index >= 15 is 0 Å². The first-order valence-corrected chi connectivity index (χ1v) is 13.4. The monoisotopic (exact) mass is 550 g/mol. The van der Waals surface area contributed by atoms with Crippen molar-refractivity contribution in [2.24, 2.45) is 11.8 Å². The van der Waals surface area contributed by atoms with Crippen LogP contribution in [0.2, 0.25) is 0 Å². The number of rotatable bonds is 8. The molecule has 3 heterocycles. The maximum Gasteiger partial charge on any atom is 0.310 e. The van der Waals surface area contributed by atoms with E-state index < -0.39 is 22.6 Å². The van der Waals surface area contributed by atoms with Crippen LogP contribution in [0.4, 0.5) is 5.69 Å². The van der Waals surface area contributed by atoms with Crippen LogP contribution in [0.1, 0.15) is 24.5 Å². The molecule has 3 aliphatic rings. The summed E-state index contributed by atoms with van der Waals surface area (Å²) in [7, 11) is 0. The van der Waals surface area contributed by atoms with Crippen molar-refractivity contribution in [3.8, 4) is 0 Å². The molecular formula is C25H31BrN2O5S. The van der Waals surface area contributed by atoms with Crippen LogP contribution in [-0.2, 0) is 19.1 Å². The van der Waals surface area contributed by atoms with Crippen molar-refractivity contribution in [3.63, 3.8) is 0 Å². The number of aliphatic hydroxyl groups excluding tert-OH is 1. The minimum atomic E-state index is -0.800. The van der Waals surface area contributed by atoms with Crippen LogP contribution in [0.25, 0.3) is 0 Å². The number of hydrogen-bond donors (Lipinski definition) is 1. The predicted molar refractivity (Wildman–Crippen MR) is 136 cm³/mol. The number of nitrogens with zero attached hydrogens (tertiary/aromatic N) is 2. The van der Waals surface area contributed by atoms with Gasteiger partial charge in [-0.1, -0.05) is 40.2 Å². The van der Waals surface area contributed by atoms with E-state index in [1.807, 2.05) is 32.0 Å². The lowest BCUT2D eigenvalue weighted by atomic mass is 9.71. The lowest BCUT2D eigenvalue weighted by molar-refractivity contribution is -0.153. The van der Waals surface area contributed by atoms with Crippen molar-refractivity contribution >= 4 is 51.2 Å². The number of fused-ring (bicyclic) bond motifs is 1. The molecule has 6 atom stereocenters. The number of ether oxygens (including phenoxy) is 1. The molecule has 2 amide bonds. The maximum absolute atomic E-state index is 14.4. The van der Waals surface area contributed by atoms with Crippen molar-refractivity contribution in [1.82, 2.24) is 4.90 Å². The highest BCUT2D eigenvalue weighted by atomic mass is 79.9. The van der Waals surface area contributed by atoms with Crippen molar-refractivity contribution in [2.75, 3.05) is 31.2 Å². The molecule has 0 saturated carbocycles. The van der Waals surface area contributed by atoms with E-state index in [1.165, 1.54) is 4.90 Å². The highest BCUT2D eigenvalue weighted by Crippen LogP contribution is 2.68. The molecule has 0 radical (unpaired) electrons. The molecule has 1 N–H and O–H groups in total. The number of thioether (sulfide) groups is 1. The number of alkyl halides is 1. The number of amides is 2. The van der Waals surface area contributed by atoms with Crippen LogP contribution in [0.15, 0.2) is 30.9 Å². The van der Waals surface area contributed by atoms with E-state index in [-0.39, 0.29) is 54.2 Å². The maximum atomic E-state index is 14.4. The van der Waals surface area contributed by atoms with Crippen LogP contribution in [0, 0.1) is 25.7 Å². The second-order valence-electron chi connectivity index (χ2n) is 9.15. The van der Waals surface area contributed by atoms with E-state index in [4.69, 9.17) is 4.74 Å². The molecule has 3 saturated heterocycles. The summed E-state index contributed by atoms with van der Waals surface area (Å²) in [5.74, 6) is -2.12. The van der Waals surface area contributed by atoms with E-state index in [1.54, 1.807) is 29.7 Å². The molecule has 1 spiro atoms. The summed E-state index contributed by atoms with van der Waals surface area (Å²) in [6.45, 7) is 9.81. The minimum Gasteiger partial charge on any atom is -0.466 e. The van der Waals surface area contributed by atoms with Gasteiger partial charge in [-0.3, -0.25) is 14.4 Å². The van der Waals surface area contributed by atoms with Gasteiger partial charge in [-0.15, -0.1) is 18.3 Å². The summed E-state index contributed by atoms with van der Waals surface area (Å²) in [4.78, 5) is 44.2. The SMILES string of the molecule is C=CCN(C(=O)C1N(CCO)C(=O)[C@@H]2[C@@H](C(=O)OCC)[C@@H]3SC12CC3Br)c1c(C)cccc1C. The molecule has 3 unspecified atom stereocenters. The Hall–Kier alpha value is -1.84. The number of aliphatic hydroxyl groups is 1. The average Bonchev–Trinajstić information content (AvgIpc) is 3.37. The molecule has 184 valence electrons. The Morgan fingerprint density at radius 3 is 2.65 bits per heavy atom. The van der Waals surface area contributed by atoms with Crippen LogP contribution in [0.5, 0.6) is 0 Å². The molecule has 4 rings (SSSR count). The quantitative estimate of drug-likeness (QED) is 0.304. The first kappa shape index (κ1) is 25.3. The third kappa shape index (κ3) is 3.71. The fourth-order valence-corrected chi connectivity index (χ4v) is 9.66. The van der Waals surface area contributed by atoms with Gasteiger partial charge in [0.2, 0.25) is 5.91 Å². The summed E-state index contributed by atoms with van der Waals surface area (Å²) in [5, 5.41) is 9.64. The Bertz CT molecular complexity index is 999. The molecule has 9 heteroatoms. The van der Waals surface area contributed by atoms with Gasteiger partial charge in [0.15, 0.2) is 0 Å². The van der Waals surface area contributed by atoms with Crippen molar-refractivity contribution < 1.29 is 24.2 Å². The minimum absolute atomic E-state index is 0.0200. The predicted octanol–water partition coefficient (Wildman–Crippen LogP) is 2.84. The highest BCUT2D eigenvalue weighted by molar-refractivity contribution is 9.09. The third-order valence-corrected chi connectivity index (χ3v) is 10.4. The number of para-hydroxylation sites is 1. The average molecular weight is 552 g/mol. The molecule has 1 aromatic carbocycles. The molecule has 3 fully saturated rings. The van der Waals surface area contributed by atoms with Gasteiger partial charge in [0.05, 0.1) is 29.8 Å². The Morgan fingerprint density at radius 1 is 1.38 bits per heavy atom. The van der Waals surface area contributed by atoms with E-state index in [0.29, 0.717) is 6.42 Å². The smallest absolute Gasteiger partial charge is 0.310 e. The van der Waals surface area contributed by atoms with Gasteiger partial charge >= 0.3 is 5.97 Å². The number of likely N-dealkylation sites (tertiary alicyclic amines) is 1. The Kier molecular flexibility index (Phi) is 7.18. The van der Waals surface area contributed by atoms with Crippen LogP contribution >= 0.6 is 27.7 Å². The zero-order chi connectivity index (χ0) is 24.8. The lowest BCUT2D eigenvalue weighted by Crippen LogP contribution is -2.56. The number of anilines is 1. The standard InChI is InChI=1S/C25H31BrN2O5S/c1-5-10-27(19-14(3)8-7-9-15(19)4)23(31)21-25-13-16(26)20(34-25)17(24(32)33-6-2)18(25)22(30)28(21)11-12-29/h5,7-9,16-18,20-21,29H,1,6,10-13H2,2-4H3/t16?,17-,18+,20-,21?,25?/m1/s1. The summed E-state index contributed by atoms with van der Waals surface area (Å²) < 4.78 is 4.59. The van der Waals surface area contributed by atoms with Crippen molar-refractivity contribution in [2.45, 2.75) is 48.1 Å². The molecule has 2 bridgehead atoms. The number of β-amino-alcohol motifs (C(OH)–C–C–N with tert-alkyl or cyclic N) is 1. The fraction of sp³-hybridized carbons (Fsp3) is 0.560. The molecule has 1 aromatic rings. The Labute approximate surface area is 213 Å². The van der Waals surface area contributed by atoms with Crippen LogP contribution in [-0.4, -0.2) is 75.0 Å². The Morgan fingerprint density at radius 2 is 2.06 bits per heavy atom. The number of hydrogen-bond acceptors (Lipinski definition) is 6. The molecule has 3 aliphatic heterocycles. The normalized spacial score (nSPS) is 31.5. The number of carbonyl (C=O) groups excluding carboxylic acids is 3. The van der Waals surface area contributed by atoms with Crippen molar-refractivity contribution in [3.05, 3.63) is 42.0 Å². The zero-order valence-electron chi connectivity index (χ0n) is 19.7. The summed E-state index contributed by atoms with van der Waals surface area (Å²) in [6, 6.07) is 5.06. The molecule has 7 nitrogen and oxygen atoms in total. The van der Waals surface area contributed by atoms with Gasteiger partial charge in [-0.05, 0) is 38.3 Å². The van der Waals surface area contributed by atoms with Gasteiger partial charge in [0.25, 0.3) is 5.91 Å². The topological polar surface area (TPSA) is 87.2 Å². The van der Waals surface area contributed by atoms with Crippen LogP contribution < -0.4 is 4.90 Å². The third-order valence-electron chi connectivity index (χ3n) is 7.21. The summed E-state index contributed by atoms with van der Waals surface area (Å²) in [6.07, 6.45) is 2.27.